The summed E-state index contributed by atoms with van der Waals surface area (Å²) in [7, 11) is 1.87. The van der Waals surface area contributed by atoms with Gasteiger partial charge in [-0.25, -0.2) is 9.78 Å². The molecule has 30 heavy (non-hydrogen) atoms. The second-order valence-electron chi connectivity index (χ2n) is 7.81. The summed E-state index contributed by atoms with van der Waals surface area (Å²) in [4.78, 5) is 43.3. The monoisotopic (exact) mass is 428 g/mol. The number of alkyl carbamates (subject to hydrolysis) is 1. The number of halogens is 1. The van der Waals surface area contributed by atoms with Crippen LogP contribution >= 0.6 is 11.6 Å². The first-order valence-corrected chi connectivity index (χ1v) is 9.98. The average molecular weight is 429 g/mol. The maximum atomic E-state index is 12.9. The normalized spacial score (nSPS) is 17.4. The zero-order valence-electron chi connectivity index (χ0n) is 16.7. The van der Waals surface area contributed by atoms with E-state index in [0.717, 1.165) is 16.6 Å². The standard InChI is InChI=1S/C21H21ClN4O4/c1-10(2)13(8-17-20(28)25-21(29)30-17)12-4-5-15(24-19(12)27)11-6-14(22)18-16(7-11)23-9-26(18)3/h4-7,9-10,13,17H,8H2,1-3H3,(H,24,27)(H,25,28,29). The van der Waals surface area contributed by atoms with Crippen molar-refractivity contribution in [3.8, 4) is 11.3 Å². The minimum atomic E-state index is -0.894. The number of carbonyl (C=O) groups excluding carboxylic acids is 2. The van der Waals surface area contributed by atoms with Gasteiger partial charge in [0.2, 0.25) is 0 Å². The Morgan fingerprint density at radius 3 is 2.63 bits per heavy atom. The molecule has 1 saturated heterocycles. The molecule has 1 aliphatic rings. The van der Waals surface area contributed by atoms with E-state index in [1.165, 1.54) is 0 Å². The summed E-state index contributed by atoms with van der Waals surface area (Å²) in [5.74, 6) is -0.674. The fourth-order valence-electron chi connectivity index (χ4n) is 3.88. The molecule has 3 heterocycles. The second kappa shape index (κ2) is 7.60. The van der Waals surface area contributed by atoms with Crippen LogP contribution in [0.25, 0.3) is 22.3 Å². The number of aromatic nitrogens is 3. The van der Waals surface area contributed by atoms with E-state index in [1.807, 2.05) is 37.6 Å². The molecule has 2 unspecified atom stereocenters. The largest absolute Gasteiger partial charge is 0.436 e. The molecule has 0 radical (unpaired) electrons. The number of rotatable bonds is 5. The summed E-state index contributed by atoms with van der Waals surface area (Å²) in [5, 5.41) is 2.67. The molecule has 0 bridgehead atoms. The third kappa shape index (κ3) is 3.59. The molecule has 1 aliphatic heterocycles. The minimum absolute atomic E-state index is 0.0587. The molecular weight excluding hydrogens is 408 g/mol. The lowest BCUT2D eigenvalue weighted by atomic mass is 9.84. The minimum Gasteiger partial charge on any atom is -0.436 e. The lowest BCUT2D eigenvalue weighted by Gasteiger charge is -2.22. The van der Waals surface area contributed by atoms with Gasteiger partial charge in [0, 0.05) is 30.3 Å². The van der Waals surface area contributed by atoms with E-state index >= 15 is 0 Å². The van der Waals surface area contributed by atoms with E-state index in [-0.39, 0.29) is 23.8 Å². The zero-order valence-corrected chi connectivity index (χ0v) is 17.5. The number of amides is 2. The van der Waals surface area contributed by atoms with Crippen molar-refractivity contribution in [1.82, 2.24) is 19.9 Å². The molecule has 0 spiro atoms. The van der Waals surface area contributed by atoms with E-state index in [2.05, 4.69) is 15.3 Å². The number of aryl methyl sites for hydroxylation is 1. The number of fused-ring (bicyclic) bond motifs is 1. The van der Waals surface area contributed by atoms with Gasteiger partial charge in [0.1, 0.15) is 0 Å². The first-order chi connectivity index (χ1) is 14.2. The molecule has 156 valence electrons. The van der Waals surface area contributed by atoms with Crippen LogP contribution in [0.4, 0.5) is 4.79 Å². The maximum Gasteiger partial charge on any atom is 0.414 e. The molecule has 2 atom stereocenters. The zero-order chi connectivity index (χ0) is 21.6. The van der Waals surface area contributed by atoms with Crippen molar-refractivity contribution in [3.05, 3.63) is 51.5 Å². The van der Waals surface area contributed by atoms with Gasteiger partial charge in [-0.05, 0) is 30.0 Å². The smallest absolute Gasteiger partial charge is 0.414 e. The van der Waals surface area contributed by atoms with Gasteiger partial charge in [-0.3, -0.25) is 14.9 Å². The van der Waals surface area contributed by atoms with Gasteiger partial charge >= 0.3 is 6.09 Å². The molecule has 2 N–H and O–H groups in total. The molecule has 8 nitrogen and oxygen atoms in total. The van der Waals surface area contributed by atoms with Crippen LogP contribution in [0, 0.1) is 5.92 Å². The SMILES string of the molecule is CC(C)C(CC1OC(=O)NC1=O)c1ccc(-c2cc(Cl)c3c(c2)ncn3C)[nH]c1=O. The predicted octanol–water partition coefficient (Wildman–Crippen LogP) is 3.35. The van der Waals surface area contributed by atoms with Crippen LogP contribution in [0.15, 0.2) is 35.4 Å². The van der Waals surface area contributed by atoms with Crippen LogP contribution in [-0.4, -0.2) is 32.6 Å². The number of ether oxygens (including phenoxy) is 1. The van der Waals surface area contributed by atoms with Crippen molar-refractivity contribution >= 4 is 34.6 Å². The first-order valence-electron chi connectivity index (χ1n) is 9.60. The van der Waals surface area contributed by atoms with E-state index in [1.54, 1.807) is 18.5 Å². The number of nitrogens with zero attached hydrogens (tertiary/aromatic N) is 2. The van der Waals surface area contributed by atoms with Crippen LogP contribution in [0.3, 0.4) is 0 Å². The Hall–Kier alpha value is -3.13. The van der Waals surface area contributed by atoms with Crippen LogP contribution in [0.5, 0.6) is 0 Å². The number of benzene rings is 1. The Balaban J connectivity index is 1.67. The third-order valence-electron chi connectivity index (χ3n) is 5.46. The van der Waals surface area contributed by atoms with Gasteiger partial charge in [-0.2, -0.15) is 0 Å². The molecule has 0 aliphatic carbocycles. The summed E-state index contributed by atoms with van der Waals surface area (Å²) in [6.07, 6.45) is 0.280. The Morgan fingerprint density at radius 2 is 2.00 bits per heavy atom. The Kier molecular flexibility index (Phi) is 5.11. The highest BCUT2D eigenvalue weighted by atomic mass is 35.5. The van der Waals surface area contributed by atoms with E-state index in [9.17, 15) is 14.4 Å². The quantitative estimate of drug-likeness (QED) is 0.648. The number of imide groups is 1. The summed E-state index contributed by atoms with van der Waals surface area (Å²) in [6.45, 7) is 3.92. The van der Waals surface area contributed by atoms with E-state index < -0.39 is 18.1 Å². The first kappa shape index (κ1) is 20.2. The highest BCUT2D eigenvalue weighted by Crippen LogP contribution is 2.32. The molecule has 2 amide bonds. The fraction of sp³-hybridized carbons (Fsp3) is 0.333. The van der Waals surface area contributed by atoms with Crippen LogP contribution in [0.1, 0.15) is 31.7 Å². The van der Waals surface area contributed by atoms with Crippen molar-refractivity contribution in [2.45, 2.75) is 32.3 Å². The lowest BCUT2D eigenvalue weighted by Crippen LogP contribution is -2.29. The van der Waals surface area contributed by atoms with Crippen LogP contribution < -0.4 is 10.9 Å². The second-order valence-corrected chi connectivity index (χ2v) is 8.21. The van der Waals surface area contributed by atoms with Crippen molar-refractivity contribution in [3.63, 3.8) is 0 Å². The topological polar surface area (TPSA) is 106 Å². The molecule has 2 aromatic heterocycles. The predicted molar refractivity (Wildman–Crippen MR) is 112 cm³/mol. The van der Waals surface area contributed by atoms with Crippen molar-refractivity contribution < 1.29 is 14.3 Å². The van der Waals surface area contributed by atoms with Gasteiger partial charge in [0.25, 0.3) is 11.5 Å². The van der Waals surface area contributed by atoms with Gasteiger partial charge in [0.15, 0.2) is 6.10 Å². The molecule has 9 heteroatoms. The number of cyclic esters (lactones) is 1. The molecule has 4 rings (SSSR count). The number of pyridine rings is 1. The van der Waals surface area contributed by atoms with Gasteiger partial charge < -0.3 is 14.3 Å². The summed E-state index contributed by atoms with van der Waals surface area (Å²) in [6, 6.07) is 7.23. The number of hydrogen-bond acceptors (Lipinski definition) is 5. The molecular formula is C21H21ClN4O4. The van der Waals surface area contributed by atoms with Crippen LogP contribution in [0.2, 0.25) is 5.02 Å². The number of aromatic amines is 1. The van der Waals surface area contributed by atoms with Crippen molar-refractivity contribution in [2.24, 2.45) is 13.0 Å². The molecule has 0 saturated carbocycles. The molecule has 1 fully saturated rings. The Morgan fingerprint density at radius 1 is 1.23 bits per heavy atom. The number of carbonyl (C=O) groups is 2. The highest BCUT2D eigenvalue weighted by molar-refractivity contribution is 6.35. The van der Waals surface area contributed by atoms with Gasteiger partial charge in [-0.15, -0.1) is 0 Å². The Labute approximate surface area is 177 Å². The van der Waals surface area contributed by atoms with E-state index in [0.29, 0.717) is 16.3 Å². The highest BCUT2D eigenvalue weighted by Gasteiger charge is 2.36. The van der Waals surface area contributed by atoms with Crippen molar-refractivity contribution in [2.75, 3.05) is 0 Å². The number of hydrogen-bond donors (Lipinski definition) is 2. The molecule has 3 aromatic rings. The fourth-order valence-corrected chi connectivity index (χ4v) is 4.22. The molecule has 1 aromatic carbocycles. The number of imidazole rings is 1. The Bertz CT molecular complexity index is 1210. The summed E-state index contributed by atoms with van der Waals surface area (Å²) >= 11 is 6.41. The number of H-pyrrole nitrogens is 1. The summed E-state index contributed by atoms with van der Waals surface area (Å²) in [5.41, 5.74) is 3.20. The van der Waals surface area contributed by atoms with Crippen molar-refractivity contribution in [1.29, 1.82) is 0 Å². The summed E-state index contributed by atoms with van der Waals surface area (Å²) < 4.78 is 6.87. The number of nitrogens with one attached hydrogen (secondary N) is 2. The van der Waals surface area contributed by atoms with Crippen LogP contribution in [-0.2, 0) is 16.6 Å². The van der Waals surface area contributed by atoms with Gasteiger partial charge in [0.05, 0.1) is 22.4 Å². The third-order valence-corrected chi connectivity index (χ3v) is 5.74. The lowest BCUT2D eigenvalue weighted by molar-refractivity contribution is -0.123. The van der Waals surface area contributed by atoms with E-state index in [4.69, 9.17) is 16.3 Å². The average Bonchev–Trinajstić information content (AvgIpc) is 3.21. The van der Waals surface area contributed by atoms with Gasteiger partial charge in [-0.1, -0.05) is 31.5 Å². The maximum absolute atomic E-state index is 12.9.